The summed E-state index contributed by atoms with van der Waals surface area (Å²) in [5.74, 6) is 5.07. The predicted molar refractivity (Wildman–Crippen MR) is 66.7 cm³/mol. The van der Waals surface area contributed by atoms with Gasteiger partial charge in [-0.3, -0.25) is 16.0 Å². The average Bonchev–Trinajstić information content (AvgIpc) is 2.36. The molecule has 1 aromatic carbocycles. The molecule has 0 spiro atoms. The van der Waals surface area contributed by atoms with Crippen molar-refractivity contribution in [2.24, 2.45) is 5.84 Å². The van der Waals surface area contributed by atoms with Crippen LogP contribution >= 0.6 is 0 Å². The average molecular weight is 310 g/mol. The molecule has 0 bridgehead atoms. The minimum atomic E-state index is -4.39. The summed E-state index contributed by atoms with van der Waals surface area (Å²) in [5.41, 5.74) is 1.50. The lowest BCUT2D eigenvalue weighted by Gasteiger charge is -2.16. The minimum Gasteiger partial charge on any atom is -0.324 e. The minimum absolute atomic E-state index is 0.118. The van der Waals surface area contributed by atoms with Crippen molar-refractivity contribution in [3.63, 3.8) is 0 Å². The van der Waals surface area contributed by atoms with E-state index in [4.69, 9.17) is 5.84 Å². The molecular formula is C9H12F2N4O4S. The van der Waals surface area contributed by atoms with Crippen LogP contribution in [0.1, 0.15) is 0 Å². The molecule has 0 saturated heterocycles. The first-order valence-electron chi connectivity index (χ1n) is 5.19. The summed E-state index contributed by atoms with van der Waals surface area (Å²) in [5, 5.41) is 10.9. The molecule has 11 heteroatoms. The fourth-order valence-electron chi connectivity index (χ4n) is 1.43. The van der Waals surface area contributed by atoms with E-state index in [2.05, 4.69) is 5.43 Å². The summed E-state index contributed by atoms with van der Waals surface area (Å²) >= 11 is 0. The summed E-state index contributed by atoms with van der Waals surface area (Å²) < 4.78 is 48.9. The van der Waals surface area contributed by atoms with E-state index in [1.807, 2.05) is 0 Å². The molecule has 0 radical (unpaired) electrons. The highest BCUT2D eigenvalue weighted by Crippen LogP contribution is 2.29. The lowest BCUT2D eigenvalue weighted by molar-refractivity contribution is -0.387. The topological polar surface area (TPSA) is 119 Å². The van der Waals surface area contributed by atoms with Crippen molar-refractivity contribution in [1.29, 1.82) is 0 Å². The van der Waals surface area contributed by atoms with Crippen LogP contribution in [0.25, 0.3) is 0 Å². The van der Waals surface area contributed by atoms with Gasteiger partial charge in [-0.2, -0.15) is 4.31 Å². The maximum atomic E-state index is 12.2. The number of sulfonamides is 1. The lowest BCUT2D eigenvalue weighted by Crippen LogP contribution is -2.31. The molecule has 0 aliphatic rings. The molecule has 8 nitrogen and oxygen atoms in total. The number of halogens is 2. The van der Waals surface area contributed by atoms with E-state index in [0.717, 1.165) is 19.2 Å². The summed E-state index contributed by atoms with van der Waals surface area (Å²) in [6.07, 6.45) is -2.89. The maximum Gasteiger partial charge on any atom is 0.291 e. The van der Waals surface area contributed by atoms with Crippen molar-refractivity contribution in [2.75, 3.05) is 19.0 Å². The zero-order valence-corrected chi connectivity index (χ0v) is 11.1. The van der Waals surface area contributed by atoms with Gasteiger partial charge in [0.25, 0.3) is 12.1 Å². The Balaban J connectivity index is 3.34. The molecule has 1 rings (SSSR count). The first-order chi connectivity index (χ1) is 9.20. The molecule has 0 fully saturated rings. The fraction of sp³-hybridized carbons (Fsp3) is 0.333. The molecule has 0 atom stereocenters. The van der Waals surface area contributed by atoms with Crippen LogP contribution in [0, 0.1) is 10.1 Å². The largest absolute Gasteiger partial charge is 0.324 e. The summed E-state index contributed by atoms with van der Waals surface area (Å²) in [7, 11) is -3.47. The number of hydrazine groups is 1. The molecule has 112 valence electrons. The predicted octanol–water partition coefficient (Wildman–Crippen LogP) is 0.766. The van der Waals surface area contributed by atoms with Gasteiger partial charge in [0.15, 0.2) is 4.90 Å². The molecule has 0 heterocycles. The van der Waals surface area contributed by atoms with E-state index in [0.29, 0.717) is 4.31 Å². The van der Waals surface area contributed by atoms with Gasteiger partial charge in [0.2, 0.25) is 10.0 Å². The second-order valence-electron chi connectivity index (χ2n) is 3.76. The molecule has 0 unspecified atom stereocenters. The number of nitrogen functional groups attached to an aromatic ring is 1. The Hall–Kier alpha value is -1.85. The van der Waals surface area contributed by atoms with Crippen molar-refractivity contribution < 1.29 is 22.1 Å². The van der Waals surface area contributed by atoms with Gasteiger partial charge in [0.1, 0.15) is 0 Å². The molecule has 1 aromatic rings. The molecule has 3 N–H and O–H groups in total. The van der Waals surface area contributed by atoms with Crippen molar-refractivity contribution in [3.05, 3.63) is 28.3 Å². The van der Waals surface area contributed by atoms with Crippen LogP contribution in [0.4, 0.5) is 20.2 Å². The van der Waals surface area contributed by atoms with Crippen LogP contribution in [0.2, 0.25) is 0 Å². The Kier molecular flexibility index (Phi) is 4.92. The van der Waals surface area contributed by atoms with Crippen LogP contribution in [-0.2, 0) is 10.0 Å². The standard InChI is InChI=1S/C9H12F2N4O4S/c1-14(5-9(10)11)20(18,19)8-3-2-6(13-12)4-7(8)15(16)17/h2-4,9,13H,5,12H2,1H3. The van der Waals surface area contributed by atoms with Gasteiger partial charge < -0.3 is 5.43 Å². The number of nitrogens with one attached hydrogen (secondary N) is 1. The van der Waals surface area contributed by atoms with Crippen LogP contribution in [0.15, 0.2) is 23.1 Å². The van der Waals surface area contributed by atoms with Crippen LogP contribution in [0.3, 0.4) is 0 Å². The van der Waals surface area contributed by atoms with Crippen LogP contribution < -0.4 is 11.3 Å². The zero-order chi connectivity index (χ0) is 15.5. The van der Waals surface area contributed by atoms with E-state index in [1.165, 1.54) is 6.07 Å². The number of benzene rings is 1. The number of alkyl halides is 2. The van der Waals surface area contributed by atoms with Gasteiger partial charge in [0.05, 0.1) is 17.2 Å². The third-order valence-corrected chi connectivity index (χ3v) is 4.28. The third kappa shape index (κ3) is 3.37. The van der Waals surface area contributed by atoms with Crippen molar-refractivity contribution >= 4 is 21.4 Å². The quantitative estimate of drug-likeness (QED) is 0.455. The Morgan fingerprint density at radius 1 is 1.50 bits per heavy atom. The molecule has 0 aliphatic heterocycles. The first-order valence-corrected chi connectivity index (χ1v) is 6.63. The number of nitro groups is 1. The van der Waals surface area contributed by atoms with Gasteiger partial charge in [-0.15, -0.1) is 0 Å². The molecule has 20 heavy (non-hydrogen) atoms. The SMILES string of the molecule is CN(CC(F)F)S(=O)(=O)c1ccc(NN)cc1[N+](=O)[O-]. The Labute approximate surface area is 113 Å². The van der Waals surface area contributed by atoms with Gasteiger partial charge >= 0.3 is 0 Å². The highest BCUT2D eigenvalue weighted by atomic mass is 32.2. The molecule has 0 amide bonds. The van der Waals surface area contributed by atoms with Crippen LogP contribution in [-0.4, -0.2) is 37.7 Å². The number of hydrogen-bond donors (Lipinski definition) is 2. The Bertz CT molecular complexity index is 608. The van der Waals surface area contributed by atoms with E-state index >= 15 is 0 Å². The Morgan fingerprint density at radius 3 is 2.55 bits per heavy atom. The number of anilines is 1. The number of nitrogens with two attached hydrogens (primary N) is 1. The van der Waals surface area contributed by atoms with Gasteiger partial charge in [0, 0.05) is 13.1 Å². The van der Waals surface area contributed by atoms with Crippen molar-refractivity contribution in [1.82, 2.24) is 4.31 Å². The first kappa shape index (κ1) is 16.2. The van der Waals surface area contributed by atoms with Gasteiger partial charge in [-0.1, -0.05) is 0 Å². The number of rotatable bonds is 6. The third-order valence-electron chi connectivity index (χ3n) is 2.41. The number of nitrogens with zero attached hydrogens (tertiary/aromatic N) is 2. The van der Waals surface area contributed by atoms with Gasteiger partial charge in [-0.25, -0.2) is 17.2 Å². The van der Waals surface area contributed by atoms with E-state index in [-0.39, 0.29) is 5.69 Å². The second kappa shape index (κ2) is 6.07. The highest BCUT2D eigenvalue weighted by molar-refractivity contribution is 7.89. The van der Waals surface area contributed by atoms with Crippen molar-refractivity contribution in [2.45, 2.75) is 11.3 Å². The fourth-order valence-corrected chi connectivity index (χ4v) is 2.71. The van der Waals surface area contributed by atoms with E-state index in [9.17, 15) is 27.3 Å². The summed E-state index contributed by atoms with van der Waals surface area (Å²) in [6.45, 7) is -1.06. The number of nitro benzene ring substituents is 1. The normalized spacial score (nSPS) is 11.9. The summed E-state index contributed by atoms with van der Waals surface area (Å²) in [6, 6.07) is 3.03. The monoisotopic (exact) mass is 310 g/mol. The summed E-state index contributed by atoms with van der Waals surface area (Å²) in [4.78, 5) is 9.28. The smallest absolute Gasteiger partial charge is 0.291 e. The highest BCUT2D eigenvalue weighted by Gasteiger charge is 2.31. The second-order valence-corrected chi connectivity index (χ2v) is 5.77. The molecule has 0 aliphatic carbocycles. The molecular weight excluding hydrogens is 298 g/mol. The van der Waals surface area contributed by atoms with Crippen LogP contribution in [0.5, 0.6) is 0 Å². The van der Waals surface area contributed by atoms with E-state index in [1.54, 1.807) is 0 Å². The molecule has 0 aromatic heterocycles. The zero-order valence-electron chi connectivity index (χ0n) is 10.3. The maximum absolute atomic E-state index is 12.2. The molecule has 0 saturated carbocycles. The van der Waals surface area contributed by atoms with E-state index < -0.39 is 38.5 Å². The Morgan fingerprint density at radius 2 is 2.10 bits per heavy atom. The van der Waals surface area contributed by atoms with Gasteiger partial charge in [-0.05, 0) is 12.1 Å². The lowest BCUT2D eigenvalue weighted by atomic mass is 10.3. The van der Waals surface area contributed by atoms with Crippen molar-refractivity contribution in [3.8, 4) is 0 Å². The number of hydrogen-bond acceptors (Lipinski definition) is 6.